The number of rotatable bonds is 5. The Labute approximate surface area is 96.0 Å². The Morgan fingerprint density at radius 1 is 1.25 bits per heavy atom. The predicted molar refractivity (Wildman–Crippen MR) is 57.8 cm³/mol. The van der Waals surface area contributed by atoms with Gasteiger partial charge in [0.2, 0.25) is 0 Å². The van der Waals surface area contributed by atoms with Crippen molar-refractivity contribution >= 4 is 0 Å². The third-order valence-corrected chi connectivity index (χ3v) is 2.97. The van der Waals surface area contributed by atoms with E-state index in [0.717, 1.165) is 12.8 Å². The van der Waals surface area contributed by atoms with Crippen LogP contribution < -0.4 is 0 Å². The number of aliphatic hydroxyl groups excluding tert-OH is 3. The predicted octanol–water partition coefficient (Wildman–Crippen LogP) is -0.122. The van der Waals surface area contributed by atoms with Crippen molar-refractivity contribution in [3.63, 3.8) is 0 Å². The molecule has 3 N–H and O–H groups in total. The Morgan fingerprint density at radius 2 is 1.94 bits per heavy atom. The summed E-state index contributed by atoms with van der Waals surface area (Å²) < 4.78 is 10.9. The highest BCUT2D eigenvalue weighted by molar-refractivity contribution is 4.86. The molecular formula is C11H22O5. The monoisotopic (exact) mass is 234 g/mol. The molecule has 5 heteroatoms. The molecule has 1 heterocycles. The SMILES string of the molecule is CCCCO[C@@H]1OC(CO)[C@@H](O)C(O)[C@@H]1C. The highest BCUT2D eigenvalue weighted by Crippen LogP contribution is 2.26. The second kappa shape index (κ2) is 6.51. The van der Waals surface area contributed by atoms with Crippen LogP contribution in [0.2, 0.25) is 0 Å². The van der Waals surface area contributed by atoms with Gasteiger partial charge in [0.05, 0.1) is 12.7 Å². The summed E-state index contributed by atoms with van der Waals surface area (Å²) in [6.45, 7) is 4.06. The summed E-state index contributed by atoms with van der Waals surface area (Å²) in [5.74, 6) is -0.297. The maximum Gasteiger partial charge on any atom is 0.163 e. The van der Waals surface area contributed by atoms with E-state index in [2.05, 4.69) is 6.92 Å². The van der Waals surface area contributed by atoms with Crippen molar-refractivity contribution < 1.29 is 24.8 Å². The molecule has 0 spiro atoms. The van der Waals surface area contributed by atoms with Crippen molar-refractivity contribution in [1.82, 2.24) is 0 Å². The molecule has 16 heavy (non-hydrogen) atoms. The molecule has 0 bridgehead atoms. The standard InChI is InChI=1S/C11H22O5/c1-3-4-5-15-11-7(2)9(13)10(14)8(6-12)16-11/h7-14H,3-6H2,1-2H3/t7-,8?,9?,10+,11+/m0/s1. The van der Waals surface area contributed by atoms with Gasteiger partial charge in [-0.2, -0.15) is 0 Å². The lowest BCUT2D eigenvalue weighted by Crippen LogP contribution is -2.55. The van der Waals surface area contributed by atoms with Crippen LogP contribution in [-0.4, -0.2) is 53.1 Å². The molecule has 2 unspecified atom stereocenters. The molecule has 1 aliphatic heterocycles. The second-order valence-corrected chi connectivity index (χ2v) is 4.29. The maximum absolute atomic E-state index is 9.75. The molecule has 0 saturated carbocycles. The fourth-order valence-electron chi connectivity index (χ4n) is 1.75. The summed E-state index contributed by atoms with van der Waals surface area (Å²) in [5.41, 5.74) is 0. The van der Waals surface area contributed by atoms with Crippen LogP contribution in [0.15, 0.2) is 0 Å². The number of hydrogen-bond donors (Lipinski definition) is 3. The van der Waals surface area contributed by atoms with Crippen molar-refractivity contribution in [3.05, 3.63) is 0 Å². The third-order valence-electron chi connectivity index (χ3n) is 2.97. The van der Waals surface area contributed by atoms with Gasteiger partial charge in [0.1, 0.15) is 12.2 Å². The molecule has 5 atom stereocenters. The molecule has 5 nitrogen and oxygen atoms in total. The Hall–Kier alpha value is -0.200. The van der Waals surface area contributed by atoms with Gasteiger partial charge in [-0.3, -0.25) is 0 Å². The summed E-state index contributed by atoms with van der Waals surface area (Å²) in [6.07, 6.45) is -1.34. The minimum atomic E-state index is -1.05. The van der Waals surface area contributed by atoms with Gasteiger partial charge in [0.25, 0.3) is 0 Å². The molecule has 1 saturated heterocycles. The van der Waals surface area contributed by atoms with Gasteiger partial charge in [-0.25, -0.2) is 0 Å². The van der Waals surface area contributed by atoms with Crippen molar-refractivity contribution in [2.24, 2.45) is 5.92 Å². The van der Waals surface area contributed by atoms with Crippen molar-refractivity contribution in [3.8, 4) is 0 Å². The van der Waals surface area contributed by atoms with Crippen LogP contribution >= 0.6 is 0 Å². The van der Waals surface area contributed by atoms with E-state index in [-0.39, 0.29) is 12.5 Å². The van der Waals surface area contributed by atoms with E-state index in [1.165, 1.54) is 0 Å². The Morgan fingerprint density at radius 3 is 2.50 bits per heavy atom. The van der Waals surface area contributed by atoms with E-state index in [1.54, 1.807) is 6.92 Å². The van der Waals surface area contributed by atoms with Gasteiger partial charge in [0.15, 0.2) is 6.29 Å². The lowest BCUT2D eigenvalue weighted by Gasteiger charge is -2.40. The van der Waals surface area contributed by atoms with E-state index in [9.17, 15) is 10.2 Å². The summed E-state index contributed by atoms with van der Waals surface area (Å²) >= 11 is 0. The van der Waals surface area contributed by atoms with E-state index in [0.29, 0.717) is 6.61 Å². The van der Waals surface area contributed by atoms with E-state index in [4.69, 9.17) is 14.6 Å². The Bertz CT molecular complexity index is 197. The van der Waals surface area contributed by atoms with Crippen LogP contribution in [0.25, 0.3) is 0 Å². The topological polar surface area (TPSA) is 79.2 Å². The van der Waals surface area contributed by atoms with Crippen molar-refractivity contribution in [2.75, 3.05) is 13.2 Å². The van der Waals surface area contributed by atoms with Crippen LogP contribution in [0.3, 0.4) is 0 Å². The van der Waals surface area contributed by atoms with Crippen LogP contribution in [0.1, 0.15) is 26.7 Å². The first-order valence-electron chi connectivity index (χ1n) is 5.85. The van der Waals surface area contributed by atoms with Gasteiger partial charge < -0.3 is 24.8 Å². The maximum atomic E-state index is 9.75. The van der Waals surface area contributed by atoms with Gasteiger partial charge in [-0.15, -0.1) is 0 Å². The molecule has 0 aromatic rings. The Kier molecular flexibility index (Phi) is 5.64. The van der Waals surface area contributed by atoms with Crippen LogP contribution in [-0.2, 0) is 9.47 Å². The van der Waals surface area contributed by atoms with Gasteiger partial charge >= 0.3 is 0 Å². The van der Waals surface area contributed by atoms with Crippen molar-refractivity contribution in [1.29, 1.82) is 0 Å². The Balaban J connectivity index is 2.50. The third kappa shape index (κ3) is 3.15. The molecule has 1 fully saturated rings. The van der Waals surface area contributed by atoms with Crippen LogP contribution in [0.5, 0.6) is 0 Å². The summed E-state index contributed by atoms with van der Waals surface area (Å²) in [6, 6.07) is 0. The van der Waals surface area contributed by atoms with Crippen LogP contribution in [0.4, 0.5) is 0 Å². The largest absolute Gasteiger partial charge is 0.394 e. The summed E-state index contributed by atoms with van der Waals surface area (Å²) in [7, 11) is 0. The van der Waals surface area contributed by atoms with E-state index < -0.39 is 24.6 Å². The zero-order valence-electron chi connectivity index (χ0n) is 9.87. The molecule has 1 rings (SSSR count). The number of aliphatic hydroxyl groups is 3. The first kappa shape index (κ1) is 13.9. The minimum absolute atomic E-state index is 0.297. The molecule has 0 aromatic heterocycles. The van der Waals surface area contributed by atoms with Crippen molar-refractivity contribution in [2.45, 2.75) is 51.3 Å². The number of ether oxygens (including phenoxy) is 2. The first-order chi connectivity index (χ1) is 7.61. The highest BCUT2D eigenvalue weighted by atomic mass is 16.7. The average molecular weight is 234 g/mol. The van der Waals surface area contributed by atoms with Gasteiger partial charge in [-0.05, 0) is 6.42 Å². The molecular weight excluding hydrogens is 212 g/mol. The molecule has 0 radical (unpaired) electrons. The molecule has 96 valence electrons. The fraction of sp³-hybridized carbons (Fsp3) is 1.00. The second-order valence-electron chi connectivity index (χ2n) is 4.29. The summed E-state index contributed by atoms with van der Waals surface area (Å²) in [4.78, 5) is 0. The number of hydrogen-bond acceptors (Lipinski definition) is 5. The summed E-state index contributed by atoms with van der Waals surface area (Å²) in [5, 5.41) is 28.4. The van der Waals surface area contributed by atoms with Crippen LogP contribution in [0, 0.1) is 5.92 Å². The van der Waals surface area contributed by atoms with Gasteiger partial charge in [-0.1, -0.05) is 20.3 Å². The smallest absolute Gasteiger partial charge is 0.163 e. The molecule has 1 aliphatic rings. The molecule has 0 aliphatic carbocycles. The lowest BCUT2D eigenvalue weighted by atomic mass is 9.92. The number of unbranched alkanes of at least 4 members (excludes halogenated alkanes) is 1. The first-order valence-corrected chi connectivity index (χ1v) is 5.85. The molecule has 0 aromatic carbocycles. The van der Waals surface area contributed by atoms with E-state index in [1.807, 2.05) is 0 Å². The quantitative estimate of drug-likeness (QED) is 0.578. The molecule has 0 amide bonds. The highest BCUT2D eigenvalue weighted by Gasteiger charge is 2.42. The lowest BCUT2D eigenvalue weighted by molar-refractivity contribution is -0.282. The van der Waals surface area contributed by atoms with E-state index >= 15 is 0 Å². The minimum Gasteiger partial charge on any atom is -0.394 e. The van der Waals surface area contributed by atoms with Gasteiger partial charge in [0, 0.05) is 12.5 Å². The average Bonchev–Trinajstić information content (AvgIpc) is 2.29. The zero-order valence-corrected chi connectivity index (χ0v) is 9.87. The fourth-order valence-corrected chi connectivity index (χ4v) is 1.75. The zero-order chi connectivity index (χ0) is 12.1. The normalized spacial score (nSPS) is 39.9.